The number of morpholine rings is 1. The smallest absolute Gasteiger partial charge is 0.251 e. The molecule has 0 saturated carbocycles. The number of carbonyl (C=O) groups excluding carboxylic acids is 2. The van der Waals surface area contributed by atoms with Gasteiger partial charge in [-0.2, -0.15) is 0 Å². The molecule has 0 spiro atoms. The van der Waals surface area contributed by atoms with Crippen LogP contribution in [0.25, 0.3) is 0 Å². The lowest BCUT2D eigenvalue weighted by atomic mass is 10.0. The van der Waals surface area contributed by atoms with Gasteiger partial charge in [0.1, 0.15) is 11.9 Å². The molecule has 12 heteroatoms. The highest BCUT2D eigenvalue weighted by Crippen LogP contribution is 2.34. The Hall–Kier alpha value is -4.68. The highest BCUT2D eigenvalue weighted by atomic mass is 32.2. The Morgan fingerprint density at radius 2 is 1.64 bits per heavy atom. The van der Waals surface area contributed by atoms with Gasteiger partial charge in [-0.15, -0.1) is 0 Å². The third-order valence-corrected chi connectivity index (χ3v) is 8.53. The number of hydrogen-bond donors (Lipinski definition) is 1. The molecule has 5 rings (SSSR count). The van der Waals surface area contributed by atoms with Crippen LogP contribution in [0, 0.1) is 19.7 Å². The van der Waals surface area contributed by atoms with Gasteiger partial charge in [-0.3, -0.25) is 9.59 Å². The molecular formula is C35H38FN5O5S. The number of nitrogens with one attached hydrogen (secondary N) is 1. The van der Waals surface area contributed by atoms with Crippen LogP contribution in [-0.2, 0) is 20.9 Å². The van der Waals surface area contributed by atoms with Gasteiger partial charge in [-0.05, 0) is 67.9 Å². The number of aromatic nitrogens is 2. The Morgan fingerprint density at radius 1 is 0.957 bits per heavy atom. The Morgan fingerprint density at radius 3 is 2.30 bits per heavy atom. The van der Waals surface area contributed by atoms with Crippen LogP contribution in [0.2, 0.25) is 0 Å². The van der Waals surface area contributed by atoms with E-state index in [1.165, 1.54) is 25.2 Å². The van der Waals surface area contributed by atoms with Gasteiger partial charge in [0.2, 0.25) is 5.91 Å². The second-order valence-electron chi connectivity index (χ2n) is 11.0. The third-order valence-electron chi connectivity index (χ3n) is 7.70. The number of methoxy groups -OCH3 is 2. The van der Waals surface area contributed by atoms with E-state index in [2.05, 4.69) is 20.2 Å². The minimum atomic E-state index is -1.17. The van der Waals surface area contributed by atoms with E-state index in [1.54, 1.807) is 36.4 Å². The van der Waals surface area contributed by atoms with E-state index in [0.29, 0.717) is 41.1 Å². The highest BCUT2D eigenvalue weighted by molar-refractivity contribution is 7.99. The average molecular weight is 660 g/mol. The van der Waals surface area contributed by atoms with Crippen LogP contribution < -0.4 is 19.7 Å². The summed E-state index contributed by atoms with van der Waals surface area (Å²) in [7, 11) is 3.01. The molecule has 246 valence electrons. The van der Waals surface area contributed by atoms with Crippen LogP contribution in [-0.4, -0.2) is 73.0 Å². The molecule has 1 N–H and O–H groups in total. The normalized spacial score (nSPS) is 13.5. The number of hydrogen-bond acceptors (Lipinski definition) is 9. The van der Waals surface area contributed by atoms with Crippen LogP contribution in [0.4, 0.5) is 15.8 Å². The minimum Gasteiger partial charge on any atom is -0.493 e. The summed E-state index contributed by atoms with van der Waals surface area (Å²) in [6.07, 6.45) is 0. The van der Waals surface area contributed by atoms with Gasteiger partial charge in [0.05, 0.1) is 33.2 Å². The first-order valence-electron chi connectivity index (χ1n) is 15.2. The van der Waals surface area contributed by atoms with Crippen LogP contribution >= 0.6 is 11.8 Å². The van der Waals surface area contributed by atoms with Crippen LogP contribution in [0.15, 0.2) is 78.0 Å². The molecular weight excluding hydrogens is 621 g/mol. The molecule has 1 aliphatic rings. The number of carbonyl (C=O) groups is 2. The second kappa shape index (κ2) is 15.7. The number of anilines is 2. The van der Waals surface area contributed by atoms with Gasteiger partial charge in [-0.25, -0.2) is 14.4 Å². The predicted molar refractivity (Wildman–Crippen MR) is 180 cm³/mol. The lowest BCUT2D eigenvalue weighted by Gasteiger charge is -2.32. The molecule has 3 aromatic carbocycles. The molecule has 2 amide bonds. The zero-order valence-electron chi connectivity index (χ0n) is 26.9. The van der Waals surface area contributed by atoms with Gasteiger partial charge < -0.3 is 29.3 Å². The van der Waals surface area contributed by atoms with E-state index in [9.17, 15) is 9.59 Å². The van der Waals surface area contributed by atoms with Gasteiger partial charge in [0, 0.05) is 48.0 Å². The zero-order valence-corrected chi connectivity index (χ0v) is 27.7. The maximum Gasteiger partial charge on any atom is 0.251 e. The van der Waals surface area contributed by atoms with Gasteiger partial charge in [0.25, 0.3) is 5.91 Å². The van der Waals surface area contributed by atoms with Crippen LogP contribution in [0.5, 0.6) is 11.5 Å². The number of amides is 2. The maximum atomic E-state index is 15.1. The lowest BCUT2D eigenvalue weighted by Crippen LogP contribution is -2.42. The SMILES string of the molecule is COc1ccc(C(C(=O)Nc2ccc(N3CCOCC3)cc2)N(Cc2ccccc2F)C(=O)CSc2nc(C)cc(C)n2)cc1OC. The number of ether oxygens (including phenoxy) is 3. The first-order chi connectivity index (χ1) is 22.7. The summed E-state index contributed by atoms with van der Waals surface area (Å²) in [4.78, 5) is 40.9. The number of nitrogens with zero attached hydrogens (tertiary/aromatic N) is 4. The molecule has 0 radical (unpaired) electrons. The van der Waals surface area contributed by atoms with Crippen molar-refractivity contribution in [2.45, 2.75) is 31.6 Å². The summed E-state index contributed by atoms with van der Waals surface area (Å²) >= 11 is 1.16. The summed E-state index contributed by atoms with van der Waals surface area (Å²) in [6, 6.07) is 19.5. The molecule has 1 aliphatic heterocycles. The van der Waals surface area contributed by atoms with Crippen LogP contribution in [0.3, 0.4) is 0 Å². The molecule has 2 heterocycles. The molecule has 1 aromatic heterocycles. The summed E-state index contributed by atoms with van der Waals surface area (Å²) in [6.45, 7) is 6.43. The fraction of sp³-hybridized carbons (Fsp3) is 0.314. The topological polar surface area (TPSA) is 106 Å². The van der Waals surface area contributed by atoms with E-state index in [0.717, 1.165) is 41.9 Å². The Bertz CT molecular complexity index is 1680. The van der Waals surface area contributed by atoms with Gasteiger partial charge in [-0.1, -0.05) is 36.0 Å². The molecule has 10 nitrogen and oxygen atoms in total. The fourth-order valence-electron chi connectivity index (χ4n) is 5.38. The molecule has 1 fully saturated rings. The number of aryl methyl sites for hydroxylation is 2. The van der Waals surface area contributed by atoms with Crippen LogP contribution in [0.1, 0.15) is 28.6 Å². The van der Waals surface area contributed by atoms with Crippen molar-refractivity contribution in [2.75, 3.05) is 56.5 Å². The molecule has 47 heavy (non-hydrogen) atoms. The average Bonchev–Trinajstić information content (AvgIpc) is 3.08. The van der Waals surface area contributed by atoms with Crippen molar-refractivity contribution < 1.29 is 28.2 Å². The van der Waals surface area contributed by atoms with E-state index in [-0.39, 0.29) is 17.9 Å². The number of thioether (sulfide) groups is 1. The van der Waals surface area contributed by atoms with Crippen molar-refractivity contribution in [1.29, 1.82) is 0 Å². The van der Waals surface area contributed by atoms with Crippen molar-refractivity contribution in [3.05, 3.63) is 101 Å². The zero-order chi connectivity index (χ0) is 33.3. The summed E-state index contributed by atoms with van der Waals surface area (Å²) in [5.74, 6) is -0.603. The monoisotopic (exact) mass is 659 g/mol. The molecule has 0 aliphatic carbocycles. The Kier molecular flexibility index (Phi) is 11.3. The fourth-order valence-corrected chi connectivity index (χ4v) is 6.22. The summed E-state index contributed by atoms with van der Waals surface area (Å²) in [5, 5.41) is 3.43. The molecule has 1 atom stereocenters. The standard InChI is InChI=1S/C35H38FN5O5S/c1-23-19-24(2)38-35(37-23)47-22-32(42)41(21-26-7-5-6-8-29(26)36)33(25-9-14-30(44-3)31(20-25)45-4)34(43)39-27-10-12-28(13-11-27)40-15-17-46-18-16-40/h5-14,19-20,33H,15-18,21-22H2,1-4H3,(H,39,43). The predicted octanol–water partition coefficient (Wildman–Crippen LogP) is 5.59. The van der Waals surface area contributed by atoms with E-state index in [4.69, 9.17) is 14.2 Å². The molecule has 0 bridgehead atoms. The molecule has 1 saturated heterocycles. The van der Waals surface area contributed by atoms with Crippen molar-refractivity contribution in [2.24, 2.45) is 0 Å². The first kappa shape index (κ1) is 33.7. The molecule has 1 unspecified atom stereocenters. The lowest BCUT2D eigenvalue weighted by molar-refractivity contribution is -0.137. The number of halogens is 1. The van der Waals surface area contributed by atoms with Crippen molar-refractivity contribution in [3.8, 4) is 11.5 Å². The molecule has 4 aromatic rings. The van der Waals surface area contributed by atoms with E-state index in [1.807, 2.05) is 44.2 Å². The Labute approximate surface area is 278 Å². The third kappa shape index (κ3) is 8.57. The van der Waals surface area contributed by atoms with Gasteiger partial charge >= 0.3 is 0 Å². The quantitative estimate of drug-likeness (QED) is 0.154. The van der Waals surface area contributed by atoms with Gasteiger partial charge in [0.15, 0.2) is 16.7 Å². The van der Waals surface area contributed by atoms with E-state index >= 15 is 4.39 Å². The highest BCUT2D eigenvalue weighted by Gasteiger charge is 2.33. The Balaban J connectivity index is 1.50. The van der Waals surface area contributed by atoms with Crippen molar-refractivity contribution in [1.82, 2.24) is 14.9 Å². The maximum absolute atomic E-state index is 15.1. The second-order valence-corrected chi connectivity index (χ2v) is 11.9. The summed E-state index contributed by atoms with van der Waals surface area (Å²) < 4.78 is 31.5. The van der Waals surface area contributed by atoms with E-state index < -0.39 is 23.7 Å². The number of rotatable bonds is 12. The number of benzene rings is 3. The van der Waals surface area contributed by atoms with Crippen molar-refractivity contribution in [3.63, 3.8) is 0 Å². The van der Waals surface area contributed by atoms with Crippen molar-refractivity contribution >= 4 is 35.0 Å². The first-order valence-corrected chi connectivity index (χ1v) is 16.2. The largest absolute Gasteiger partial charge is 0.493 e. The summed E-state index contributed by atoms with van der Waals surface area (Å²) in [5.41, 5.74) is 3.85. The minimum absolute atomic E-state index is 0.0807.